The van der Waals surface area contributed by atoms with Crippen molar-refractivity contribution in [2.75, 3.05) is 20.2 Å². The number of hydrogen-bond acceptors (Lipinski definition) is 5. The zero-order chi connectivity index (χ0) is 17.8. The van der Waals surface area contributed by atoms with Gasteiger partial charge in [-0.05, 0) is 41.5 Å². The van der Waals surface area contributed by atoms with Crippen molar-refractivity contribution in [1.82, 2.24) is 10.2 Å². The molecule has 0 saturated carbocycles. The molecule has 1 aliphatic heterocycles. The summed E-state index contributed by atoms with van der Waals surface area (Å²) in [6, 6.07) is -0.799. The van der Waals surface area contributed by atoms with E-state index in [1.54, 1.807) is 32.6 Å². The third-order valence-electron chi connectivity index (χ3n) is 3.51. The van der Waals surface area contributed by atoms with Crippen LogP contribution < -0.4 is 5.32 Å². The van der Waals surface area contributed by atoms with Crippen LogP contribution in [0.1, 0.15) is 41.5 Å². The van der Waals surface area contributed by atoms with Crippen LogP contribution in [0, 0.1) is 0 Å². The predicted octanol–water partition coefficient (Wildman–Crippen LogP) is 1.55. The van der Waals surface area contributed by atoms with Gasteiger partial charge in [0.1, 0.15) is 11.6 Å². The summed E-state index contributed by atoms with van der Waals surface area (Å²) >= 11 is 0. The van der Waals surface area contributed by atoms with Crippen LogP contribution in [0.3, 0.4) is 0 Å². The average molecular weight is 330 g/mol. The number of ether oxygens (including phenoxy) is 3. The minimum Gasteiger partial charge on any atom is -0.444 e. The van der Waals surface area contributed by atoms with Gasteiger partial charge in [-0.1, -0.05) is 0 Å². The van der Waals surface area contributed by atoms with Crippen molar-refractivity contribution in [1.29, 1.82) is 0 Å². The van der Waals surface area contributed by atoms with Crippen LogP contribution in [0.2, 0.25) is 0 Å². The van der Waals surface area contributed by atoms with Crippen molar-refractivity contribution in [3.63, 3.8) is 0 Å². The zero-order valence-electron chi connectivity index (χ0n) is 15.2. The van der Waals surface area contributed by atoms with E-state index >= 15 is 0 Å². The largest absolute Gasteiger partial charge is 0.444 e. The smallest absolute Gasteiger partial charge is 0.408 e. The first-order valence-corrected chi connectivity index (χ1v) is 8.00. The van der Waals surface area contributed by atoms with Crippen LogP contribution in [0.25, 0.3) is 0 Å². The first kappa shape index (κ1) is 19.7. The quantitative estimate of drug-likeness (QED) is 0.846. The molecule has 134 valence electrons. The van der Waals surface area contributed by atoms with Crippen LogP contribution in [-0.2, 0) is 19.0 Å². The van der Waals surface area contributed by atoms with Crippen molar-refractivity contribution in [3.05, 3.63) is 0 Å². The van der Waals surface area contributed by atoms with Crippen LogP contribution in [0.15, 0.2) is 0 Å². The minimum absolute atomic E-state index is 0.0391. The molecule has 0 aliphatic carbocycles. The lowest BCUT2D eigenvalue weighted by molar-refractivity contribution is -0.148. The highest BCUT2D eigenvalue weighted by molar-refractivity contribution is 5.86. The minimum atomic E-state index is -0.799. The third kappa shape index (κ3) is 6.35. The molecule has 1 N–H and O–H groups in total. The van der Waals surface area contributed by atoms with Gasteiger partial charge in [0.05, 0.1) is 18.3 Å². The monoisotopic (exact) mass is 330 g/mol. The molecule has 0 aromatic rings. The Bertz CT molecular complexity index is 411. The molecule has 7 heteroatoms. The number of hydrogen-bond donors (Lipinski definition) is 1. The summed E-state index contributed by atoms with van der Waals surface area (Å²) < 4.78 is 16.1. The van der Waals surface area contributed by atoms with Gasteiger partial charge in [-0.25, -0.2) is 4.79 Å². The second-order valence-corrected chi connectivity index (χ2v) is 7.07. The van der Waals surface area contributed by atoms with Gasteiger partial charge in [0.2, 0.25) is 5.91 Å². The number of rotatable bonds is 4. The van der Waals surface area contributed by atoms with E-state index in [9.17, 15) is 9.59 Å². The molecule has 23 heavy (non-hydrogen) atoms. The molecule has 1 rings (SSSR count). The maximum absolute atomic E-state index is 12.8. The Hall–Kier alpha value is -1.34. The summed E-state index contributed by atoms with van der Waals surface area (Å²) in [5.74, 6) is -0.188. The van der Waals surface area contributed by atoms with E-state index < -0.39 is 23.8 Å². The maximum Gasteiger partial charge on any atom is 0.408 e. The number of carbonyl (C=O) groups excluding carboxylic acids is 2. The average Bonchev–Trinajstić information content (AvgIpc) is 2.40. The van der Waals surface area contributed by atoms with Gasteiger partial charge < -0.3 is 24.4 Å². The van der Waals surface area contributed by atoms with E-state index in [-0.39, 0.29) is 18.1 Å². The lowest BCUT2D eigenvalue weighted by atomic mass is 10.1. The van der Waals surface area contributed by atoms with Gasteiger partial charge in [0.25, 0.3) is 0 Å². The SMILES string of the molecule is COC(C)C(NC(=O)OC(C)(C)C)C(=O)N1C[C@@H](C)O[C@@H](C)C1. The Balaban J connectivity index is 2.80. The van der Waals surface area contributed by atoms with Gasteiger partial charge in [-0.2, -0.15) is 0 Å². The summed E-state index contributed by atoms with van der Waals surface area (Å²) in [6.45, 7) is 11.9. The molecule has 0 aromatic heterocycles. The fourth-order valence-electron chi connectivity index (χ4n) is 2.51. The highest BCUT2D eigenvalue weighted by atomic mass is 16.6. The molecule has 4 atom stereocenters. The first-order chi connectivity index (χ1) is 10.5. The lowest BCUT2D eigenvalue weighted by Gasteiger charge is -2.38. The number of nitrogens with one attached hydrogen (secondary N) is 1. The maximum atomic E-state index is 12.8. The van der Waals surface area contributed by atoms with Gasteiger partial charge in [0, 0.05) is 20.2 Å². The van der Waals surface area contributed by atoms with Crippen molar-refractivity contribution in [2.24, 2.45) is 0 Å². The standard InChI is InChI=1S/C16H30N2O5/c1-10-8-18(9-11(2)22-10)14(19)13(12(3)21-7)17-15(20)23-16(4,5)6/h10-13H,8-9H2,1-7H3,(H,17,20)/t10-,11+,12?,13?. The summed E-state index contributed by atoms with van der Waals surface area (Å²) in [7, 11) is 1.51. The fraction of sp³-hybridized carbons (Fsp3) is 0.875. The van der Waals surface area contributed by atoms with Gasteiger partial charge in [-0.15, -0.1) is 0 Å². The highest BCUT2D eigenvalue weighted by Crippen LogP contribution is 2.14. The second kappa shape index (κ2) is 7.97. The Labute approximate surface area is 138 Å². The van der Waals surface area contributed by atoms with E-state index in [0.29, 0.717) is 13.1 Å². The molecular formula is C16H30N2O5. The molecule has 2 amide bonds. The van der Waals surface area contributed by atoms with E-state index in [1.165, 1.54) is 7.11 Å². The fourth-order valence-corrected chi connectivity index (χ4v) is 2.51. The van der Waals surface area contributed by atoms with Crippen LogP contribution >= 0.6 is 0 Å². The number of alkyl carbamates (subject to hydrolysis) is 1. The van der Waals surface area contributed by atoms with E-state index in [2.05, 4.69) is 5.32 Å². The number of morpholine rings is 1. The molecule has 0 spiro atoms. The topological polar surface area (TPSA) is 77.1 Å². The predicted molar refractivity (Wildman–Crippen MR) is 86.2 cm³/mol. The molecule has 0 bridgehead atoms. The third-order valence-corrected chi connectivity index (χ3v) is 3.51. The Kier molecular flexibility index (Phi) is 6.83. The van der Waals surface area contributed by atoms with Crippen molar-refractivity contribution in [2.45, 2.75) is 71.5 Å². The molecule has 1 fully saturated rings. The molecule has 1 aliphatic rings. The van der Waals surface area contributed by atoms with Crippen molar-refractivity contribution in [3.8, 4) is 0 Å². The first-order valence-electron chi connectivity index (χ1n) is 8.00. The molecule has 0 radical (unpaired) electrons. The molecule has 0 aromatic carbocycles. The number of amides is 2. The number of nitrogens with zero attached hydrogens (tertiary/aromatic N) is 1. The van der Waals surface area contributed by atoms with Gasteiger partial charge in [0.15, 0.2) is 0 Å². The zero-order valence-corrected chi connectivity index (χ0v) is 15.2. The molecule has 7 nitrogen and oxygen atoms in total. The Morgan fingerprint density at radius 1 is 1.22 bits per heavy atom. The van der Waals surface area contributed by atoms with Gasteiger partial charge in [-0.3, -0.25) is 4.79 Å². The lowest BCUT2D eigenvalue weighted by Crippen LogP contribution is -2.58. The van der Waals surface area contributed by atoms with Gasteiger partial charge >= 0.3 is 6.09 Å². The Morgan fingerprint density at radius 3 is 2.17 bits per heavy atom. The van der Waals surface area contributed by atoms with Crippen molar-refractivity contribution < 1.29 is 23.8 Å². The summed E-state index contributed by atoms with van der Waals surface area (Å²) in [4.78, 5) is 26.5. The highest BCUT2D eigenvalue weighted by Gasteiger charge is 2.35. The summed E-state index contributed by atoms with van der Waals surface area (Å²) in [5.41, 5.74) is -0.629. The summed E-state index contributed by atoms with van der Waals surface area (Å²) in [5, 5.41) is 2.63. The Morgan fingerprint density at radius 2 is 1.74 bits per heavy atom. The van der Waals surface area contributed by atoms with E-state index in [4.69, 9.17) is 14.2 Å². The molecule has 2 unspecified atom stereocenters. The second-order valence-electron chi connectivity index (χ2n) is 7.07. The molecular weight excluding hydrogens is 300 g/mol. The molecule has 1 saturated heterocycles. The summed E-state index contributed by atoms with van der Waals surface area (Å²) in [6.07, 6.45) is -1.18. The van der Waals surface area contributed by atoms with Crippen LogP contribution in [-0.4, -0.2) is 67.1 Å². The van der Waals surface area contributed by atoms with E-state index in [0.717, 1.165) is 0 Å². The normalized spacial score (nSPS) is 24.7. The van der Waals surface area contributed by atoms with Crippen LogP contribution in [0.4, 0.5) is 4.79 Å². The number of carbonyl (C=O) groups is 2. The molecule has 1 heterocycles. The number of methoxy groups -OCH3 is 1. The van der Waals surface area contributed by atoms with Crippen LogP contribution in [0.5, 0.6) is 0 Å². The van der Waals surface area contributed by atoms with E-state index in [1.807, 2.05) is 13.8 Å². The van der Waals surface area contributed by atoms with Crippen molar-refractivity contribution >= 4 is 12.0 Å².